The summed E-state index contributed by atoms with van der Waals surface area (Å²) in [7, 11) is 0. The Morgan fingerprint density at radius 2 is 1.78 bits per heavy atom. The van der Waals surface area contributed by atoms with Gasteiger partial charge < -0.3 is 4.74 Å². The number of hydrogen-bond donors (Lipinski definition) is 0. The van der Waals surface area contributed by atoms with Gasteiger partial charge in [-0.05, 0) is 86.5 Å². The van der Waals surface area contributed by atoms with Crippen molar-refractivity contribution in [1.29, 1.82) is 0 Å². The van der Waals surface area contributed by atoms with Crippen LogP contribution in [-0.4, -0.2) is 12.1 Å². The zero-order valence-electron chi connectivity index (χ0n) is 20.5. The van der Waals surface area contributed by atoms with Gasteiger partial charge >= 0.3 is 5.97 Å². The molecule has 4 aliphatic rings. The summed E-state index contributed by atoms with van der Waals surface area (Å²) in [6.07, 6.45) is 12.9. The molecule has 1 saturated carbocycles. The monoisotopic (exact) mass is 430 g/mol. The van der Waals surface area contributed by atoms with Crippen LogP contribution in [0.15, 0.2) is 64.8 Å². The van der Waals surface area contributed by atoms with Crippen molar-refractivity contribution in [3.8, 4) is 0 Å². The van der Waals surface area contributed by atoms with E-state index in [1.807, 2.05) is 30.3 Å². The third-order valence-corrected chi connectivity index (χ3v) is 9.80. The smallest absolute Gasteiger partial charge is 0.338 e. The summed E-state index contributed by atoms with van der Waals surface area (Å²) in [5.41, 5.74) is 7.77. The minimum atomic E-state index is -0.175. The van der Waals surface area contributed by atoms with Gasteiger partial charge in [0.05, 0.1) is 5.56 Å². The average Bonchev–Trinajstić information content (AvgIpc) is 3.12. The zero-order valence-corrected chi connectivity index (χ0v) is 20.5. The molecule has 0 unspecified atom stereocenters. The van der Waals surface area contributed by atoms with Crippen molar-refractivity contribution in [2.45, 2.75) is 85.7 Å². The van der Waals surface area contributed by atoms with Crippen LogP contribution in [0.2, 0.25) is 0 Å². The maximum atomic E-state index is 12.8. The van der Waals surface area contributed by atoms with E-state index in [2.05, 4.69) is 46.8 Å². The fourth-order valence-corrected chi connectivity index (χ4v) is 7.97. The molecule has 0 N–H and O–H groups in total. The summed E-state index contributed by atoms with van der Waals surface area (Å²) >= 11 is 0. The maximum absolute atomic E-state index is 12.8. The van der Waals surface area contributed by atoms with Gasteiger partial charge in [0, 0.05) is 10.8 Å². The number of hydrogen-bond acceptors (Lipinski definition) is 2. The van der Waals surface area contributed by atoms with Crippen molar-refractivity contribution >= 4 is 5.97 Å². The van der Waals surface area contributed by atoms with Crippen molar-refractivity contribution in [3.63, 3.8) is 0 Å². The standard InChI is InChI=1S/C30H38O2/c1-6-21-12-14-23-22-13-15-25-28(2,3)26(32-27(31)20-10-8-7-9-11-20)17-19-30(25,5)24(22)16-18-29(21,23)4/h6-11,14,25-26H,12-13,15-19H2,1-5H3/b21-6+/t25-,26-,29+,30+/m0/s1. The fraction of sp³-hybridized carbons (Fsp3) is 0.567. The first-order chi connectivity index (χ1) is 15.2. The number of benzene rings is 1. The summed E-state index contributed by atoms with van der Waals surface area (Å²) in [4.78, 5) is 12.8. The second-order valence-corrected chi connectivity index (χ2v) is 11.6. The molecule has 1 aromatic carbocycles. The molecule has 0 saturated heterocycles. The van der Waals surface area contributed by atoms with E-state index in [9.17, 15) is 4.79 Å². The Bertz CT molecular complexity index is 1020. The molecule has 4 atom stereocenters. The molecule has 0 radical (unpaired) electrons. The molecule has 0 spiro atoms. The first-order valence-corrected chi connectivity index (χ1v) is 12.6. The van der Waals surface area contributed by atoms with Gasteiger partial charge in [-0.15, -0.1) is 0 Å². The number of fused-ring (bicyclic) bond motifs is 4. The summed E-state index contributed by atoms with van der Waals surface area (Å²) in [6, 6.07) is 9.46. The molecule has 5 rings (SSSR count). The van der Waals surface area contributed by atoms with Crippen LogP contribution in [0, 0.1) is 22.2 Å². The largest absolute Gasteiger partial charge is 0.458 e. The molecule has 1 fully saturated rings. The highest BCUT2D eigenvalue weighted by Crippen LogP contribution is 2.66. The molecular formula is C30H38O2. The van der Waals surface area contributed by atoms with Gasteiger partial charge in [0.25, 0.3) is 0 Å². The molecule has 0 aromatic heterocycles. The lowest BCUT2D eigenvalue weighted by Gasteiger charge is -2.59. The molecule has 4 aliphatic carbocycles. The van der Waals surface area contributed by atoms with Gasteiger partial charge in [-0.1, -0.05) is 69.2 Å². The summed E-state index contributed by atoms with van der Waals surface area (Å²) in [5, 5.41) is 0. The predicted octanol–water partition coefficient (Wildman–Crippen LogP) is 7.82. The molecule has 2 heteroatoms. The third kappa shape index (κ3) is 3.01. The van der Waals surface area contributed by atoms with Crippen molar-refractivity contribution in [1.82, 2.24) is 0 Å². The Balaban J connectivity index is 1.44. The van der Waals surface area contributed by atoms with E-state index >= 15 is 0 Å². The van der Waals surface area contributed by atoms with Gasteiger partial charge in [0.2, 0.25) is 0 Å². The normalized spacial score (nSPS) is 36.8. The number of rotatable bonds is 2. The molecular weight excluding hydrogens is 392 g/mol. The van der Waals surface area contributed by atoms with Crippen molar-refractivity contribution in [3.05, 3.63) is 70.3 Å². The molecule has 170 valence electrons. The SMILES string of the molecule is C/C=C1\CC=C2C3=C(CC[C@@]21C)[C@@]1(C)CC[C@H](OC(=O)c2ccccc2)C(C)(C)[C@@H]1CC3. The lowest BCUT2D eigenvalue weighted by atomic mass is 9.46. The van der Waals surface area contributed by atoms with Crippen LogP contribution < -0.4 is 0 Å². The maximum Gasteiger partial charge on any atom is 0.338 e. The van der Waals surface area contributed by atoms with Gasteiger partial charge in [0.1, 0.15) is 6.10 Å². The van der Waals surface area contributed by atoms with Gasteiger partial charge in [-0.2, -0.15) is 0 Å². The van der Waals surface area contributed by atoms with E-state index in [1.165, 1.54) is 25.7 Å². The molecule has 2 nitrogen and oxygen atoms in total. The van der Waals surface area contributed by atoms with Crippen LogP contribution in [0.4, 0.5) is 0 Å². The van der Waals surface area contributed by atoms with E-state index in [0.717, 1.165) is 19.3 Å². The highest BCUT2D eigenvalue weighted by Gasteiger charge is 2.57. The summed E-state index contributed by atoms with van der Waals surface area (Å²) in [5.74, 6) is 0.370. The first kappa shape index (κ1) is 21.7. The third-order valence-electron chi connectivity index (χ3n) is 9.80. The van der Waals surface area contributed by atoms with Crippen LogP contribution in [0.25, 0.3) is 0 Å². The summed E-state index contributed by atoms with van der Waals surface area (Å²) < 4.78 is 6.16. The number of carbonyl (C=O) groups is 1. The highest BCUT2D eigenvalue weighted by atomic mass is 16.5. The van der Waals surface area contributed by atoms with Crippen molar-refractivity contribution in [2.24, 2.45) is 22.2 Å². The van der Waals surface area contributed by atoms with Crippen LogP contribution in [0.3, 0.4) is 0 Å². The second-order valence-electron chi connectivity index (χ2n) is 11.6. The average molecular weight is 431 g/mol. The van der Waals surface area contributed by atoms with Crippen LogP contribution in [0.5, 0.6) is 0 Å². The molecule has 1 aromatic rings. The van der Waals surface area contributed by atoms with E-state index in [4.69, 9.17) is 4.74 Å². The van der Waals surface area contributed by atoms with Gasteiger partial charge in [0.15, 0.2) is 0 Å². The van der Waals surface area contributed by atoms with E-state index in [-0.39, 0.29) is 28.3 Å². The van der Waals surface area contributed by atoms with Crippen molar-refractivity contribution in [2.75, 3.05) is 0 Å². The van der Waals surface area contributed by atoms with E-state index in [1.54, 1.807) is 22.3 Å². The Kier molecular flexibility index (Phi) is 5.07. The van der Waals surface area contributed by atoms with Crippen LogP contribution in [-0.2, 0) is 4.74 Å². The number of allylic oxidation sites excluding steroid dienone is 6. The van der Waals surface area contributed by atoms with E-state index < -0.39 is 0 Å². The van der Waals surface area contributed by atoms with Crippen LogP contribution >= 0.6 is 0 Å². The Labute approximate surface area is 193 Å². The summed E-state index contributed by atoms with van der Waals surface area (Å²) in [6.45, 7) is 11.9. The first-order valence-electron chi connectivity index (χ1n) is 12.6. The van der Waals surface area contributed by atoms with E-state index in [0.29, 0.717) is 11.5 Å². The number of ether oxygens (including phenoxy) is 1. The predicted molar refractivity (Wildman–Crippen MR) is 130 cm³/mol. The topological polar surface area (TPSA) is 26.3 Å². The minimum absolute atomic E-state index is 0.0235. The Morgan fingerprint density at radius 1 is 1.03 bits per heavy atom. The van der Waals surface area contributed by atoms with Gasteiger partial charge in [-0.25, -0.2) is 4.79 Å². The second kappa shape index (κ2) is 7.47. The quantitative estimate of drug-likeness (QED) is 0.353. The van der Waals surface area contributed by atoms with Crippen molar-refractivity contribution < 1.29 is 9.53 Å². The number of carbonyl (C=O) groups excluding carboxylic acids is 1. The zero-order chi connectivity index (χ0) is 22.7. The molecule has 0 bridgehead atoms. The number of esters is 1. The minimum Gasteiger partial charge on any atom is -0.458 e. The fourth-order valence-electron chi connectivity index (χ4n) is 7.97. The Morgan fingerprint density at radius 3 is 2.50 bits per heavy atom. The lowest BCUT2D eigenvalue weighted by molar-refractivity contribution is -0.0989. The molecule has 0 heterocycles. The Hall–Kier alpha value is -2.09. The van der Waals surface area contributed by atoms with Crippen LogP contribution in [0.1, 0.15) is 89.9 Å². The highest BCUT2D eigenvalue weighted by molar-refractivity contribution is 5.89. The molecule has 32 heavy (non-hydrogen) atoms. The van der Waals surface area contributed by atoms with Gasteiger partial charge in [-0.3, -0.25) is 0 Å². The molecule has 0 amide bonds. The molecule has 0 aliphatic heterocycles. The lowest BCUT2D eigenvalue weighted by Crippen LogP contribution is -2.54.